The van der Waals surface area contributed by atoms with Crippen LogP contribution in [0.1, 0.15) is 20.8 Å². The molecule has 1 aromatic heterocycles. The molecule has 19 heavy (non-hydrogen) atoms. The van der Waals surface area contributed by atoms with Crippen LogP contribution >= 0.6 is 0 Å². The number of benzene rings is 1. The van der Waals surface area contributed by atoms with E-state index in [0.717, 1.165) is 0 Å². The Bertz CT molecular complexity index is 641. The zero-order valence-corrected chi connectivity index (χ0v) is 9.28. The molecule has 0 atom stereocenters. The molecule has 0 fully saturated rings. The third-order valence-electron chi connectivity index (χ3n) is 2.28. The molecule has 6 nitrogen and oxygen atoms in total. The molecule has 98 valence electrons. The minimum absolute atomic E-state index is 0.0565. The van der Waals surface area contributed by atoms with Gasteiger partial charge in [0.25, 0.3) is 5.91 Å². The van der Waals surface area contributed by atoms with Crippen molar-refractivity contribution >= 4 is 17.6 Å². The lowest BCUT2D eigenvalue weighted by molar-refractivity contribution is 0.0697. The Morgan fingerprint density at radius 3 is 2.53 bits per heavy atom. The Labute approximate surface area is 105 Å². The van der Waals surface area contributed by atoms with E-state index in [0.29, 0.717) is 12.1 Å². The van der Waals surface area contributed by atoms with Gasteiger partial charge < -0.3 is 15.4 Å². The van der Waals surface area contributed by atoms with E-state index in [-0.39, 0.29) is 11.4 Å². The van der Waals surface area contributed by atoms with Crippen molar-refractivity contribution in [2.24, 2.45) is 0 Å². The maximum absolute atomic E-state index is 13.1. The standard InChI is InChI=1S/C11H7F2N3O3/c12-6-1-5(11(18)19)8(2-7(6)13)16-10(17)9-3-14-4-15-9/h1-4H,(H,14,15)(H,16,17)(H,18,19). The van der Waals surface area contributed by atoms with E-state index in [9.17, 15) is 18.4 Å². The lowest BCUT2D eigenvalue weighted by atomic mass is 10.1. The molecule has 0 saturated carbocycles. The maximum Gasteiger partial charge on any atom is 0.337 e. The van der Waals surface area contributed by atoms with Gasteiger partial charge >= 0.3 is 5.97 Å². The smallest absolute Gasteiger partial charge is 0.337 e. The molecule has 0 spiro atoms. The number of aromatic nitrogens is 2. The number of hydrogen-bond acceptors (Lipinski definition) is 3. The number of carbonyl (C=O) groups excluding carboxylic acids is 1. The first kappa shape index (κ1) is 12.7. The number of nitrogens with zero attached hydrogens (tertiary/aromatic N) is 1. The first-order valence-corrected chi connectivity index (χ1v) is 5.01. The largest absolute Gasteiger partial charge is 0.478 e. The van der Waals surface area contributed by atoms with Gasteiger partial charge in [-0.1, -0.05) is 0 Å². The molecule has 1 amide bonds. The Morgan fingerprint density at radius 2 is 1.95 bits per heavy atom. The molecule has 2 aromatic rings. The fraction of sp³-hybridized carbons (Fsp3) is 0. The molecule has 1 heterocycles. The molecule has 0 unspecified atom stereocenters. The van der Waals surface area contributed by atoms with Crippen LogP contribution in [0, 0.1) is 11.6 Å². The second kappa shape index (κ2) is 4.84. The highest BCUT2D eigenvalue weighted by atomic mass is 19.2. The molecule has 0 radical (unpaired) electrons. The van der Waals surface area contributed by atoms with Gasteiger partial charge in [-0.05, 0) is 6.07 Å². The van der Waals surface area contributed by atoms with Crippen molar-refractivity contribution < 1.29 is 23.5 Å². The summed E-state index contributed by atoms with van der Waals surface area (Å²) in [7, 11) is 0. The summed E-state index contributed by atoms with van der Waals surface area (Å²) in [5.41, 5.74) is -0.834. The normalized spacial score (nSPS) is 10.2. The van der Waals surface area contributed by atoms with Crippen molar-refractivity contribution in [2.75, 3.05) is 5.32 Å². The quantitative estimate of drug-likeness (QED) is 0.787. The summed E-state index contributed by atoms with van der Waals surface area (Å²) in [5, 5.41) is 11.0. The lowest BCUT2D eigenvalue weighted by Crippen LogP contribution is -2.16. The third kappa shape index (κ3) is 2.57. The predicted molar refractivity (Wildman–Crippen MR) is 59.9 cm³/mol. The molecule has 0 saturated heterocycles. The van der Waals surface area contributed by atoms with Gasteiger partial charge in [-0.15, -0.1) is 0 Å². The number of rotatable bonds is 3. The van der Waals surface area contributed by atoms with Crippen LogP contribution in [0.2, 0.25) is 0 Å². The molecule has 0 aliphatic carbocycles. The summed E-state index contributed by atoms with van der Waals surface area (Å²) in [6.45, 7) is 0. The van der Waals surface area contributed by atoms with E-state index in [1.807, 2.05) is 0 Å². The van der Waals surface area contributed by atoms with Gasteiger partial charge in [0.05, 0.1) is 23.8 Å². The third-order valence-corrected chi connectivity index (χ3v) is 2.28. The first-order valence-electron chi connectivity index (χ1n) is 5.01. The molecular weight excluding hydrogens is 260 g/mol. The van der Waals surface area contributed by atoms with Gasteiger partial charge in [-0.25, -0.2) is 18.6 Å². The van der Waals surface area contributed by atoms with Gasteiger partial charge in [-0.2, -0.15) is 0 Å². The highest BCUT2D eigenvalue weighted by Crippen LogP contribution is 2.20. The highest BCUT2D eigenvalue weighted by Gasteiger charge is 2.18. The Balaban J connectivity index is 2.36. The van der Waals surface area contributed by atoms with E-state index in [1.165, 1.54) is 12.5 Å². The van der Waals surface area contributed by atoms with E-state index < -0.39 is 29.1 Å². The molecule has 8 heteroatoms. The number of H-pyrrole nitrogens is 1. The van der Waals surface area contributed by atoms with Crippen LogP contribution in [0.5, 0.6) is 0 Å². The summed E-state index contributed by atoms with van der Waals surface area (Å²) in [4.78, 5) is 28.6. The molecule has 0 bridgehead atoms. The predicted octanol–water partition coefficient (Wildman–Crippen LogP) is 1.64. The summed E-state index contributed by atoms with van der Waals surface area (Å²) >= 11 is 0. The van der Waals surface area contributed by atoms with Gasteiger partial charge in [0.2, 0.25) is 0 Å². The van der Waals surface area contributed by atoms with Gasteiger partial charge in [0.15, 0.2) is 11.6 Å². The Kier molecular flexibility index (Phi) is 3.23. The lowest BCUT2D eigenvalue weighted by Gasteiger charge is -2.08. The van der Waals surface area contributed by atoms with Gasteiger partial charge in [0.1, 0.15) is 5.69 Å². The molecular formula is C11H7F2N3O3. The van der Waals surface area contributed by atoms with Crippen LogP contribution in [-0.4, -0.2) is 27.0 Å². The van der Waals surface area contributed by atoms with Crippen molar-refractivity contribution in [1.82, 2.24) is 9.97 Å². The van der Waals surface area contributed by atoms with E-state index >= 15 is 0 Å². The average molecular weight is 267 g/mol. The number of carbonyl (C=O) groups is 2. The van der Waals surface area contributed by atoms with Crippen LogP contribution in [0.4, 0.5) is 14.5 Å². The summed E-state index contributed by atoms with van der Waals surface area (Å²) in [6, 6.07) is 1.10. The molecule has 0 aliphatic heterocycles. The minimum Gasteiger partial charge on any atom is -0.478 e. The fourth-order valence-corrected chi connectivity index (χ4v) is 1.40. The number of anilines is 1. The van der Waals surface area contributed by atoms with E-state index in [1.54, 1.807) is 0 Å². The van der Waals surface area contributed by atoms with Crippen molar-refractivity contribution in [3.63, 3.8) is 0 Å². The fourth-order valence-electron chi connectivity index (χ4n) is 1.40. The summed E-state index contributed by atoms with van der Waals surface area (Å²) < 4.78 is 26.0. The van der Waals surface area contributed by atoms with Crippen molar-refractivity contribution in [3.05, 3.63) is 47.5 Å². The highest BCUT2D eigenvalue weighted by molar-refractivity contribution is 6.06. The topological polar surface area (TPSA) is 95.1 Å². The molecule has 1 aromatic carbocycles. The number of imidazole rings is 1. The zero-order valence-electron chi connectivity index (χ0n) is 9.28. The number of halogens is 2. The number of aromatic carboxylic acids is 1. The Hall–Kier alpha value is -2.77. The van der Waals surface area contributed by atoms with Crippen LogP contribution < -0.4 is 5.32 Å². The average Bonchev–Trinajstić information content (AvgIpc) is 2.86. The summed E-state index contributed by atoms with van der Waals surface area (Å²) in [5.74, 6) is -4.77. The number of carboxylic acid groups (broad SMARTS) is 1. The first-order chi connectivity index (χ1) is 8.99. The SMILES string of the molecule is O=C(Nc1cc(F)c(F)cc1C(=O)O)c1cnc[nH]1. The second-order valence-corrected chi connectivity index (χ2v) is 3.54. The van der Waals surface area contributed by atoms with Crippen molar-refractivity contribution in [2.45, 2.75) is 0 Å². The molecule has 3 N–H and O–H groups in total. The number of hydrogen-bond donors (Lipinski definition) is 3. The summed E-state index contributed by atoms with van der Waals surface area (Å²) in [6.07, 6.45) is 2.45. The molecule has 0 aliphatic rings. The second-order valence-electron chi connectivity index (χ2n) is 3.54. The van der Waals surface area contributed by atoms with Crippen molar-refractivity contribution in [3.8, 4) is 0 Å². The number of aromatic amines is 1. The number of amides is 1. The number of nitrogens with one attached hydrogen (secondary N) is 2. The van der Waals surface area contributed by atoms with Crippen LogP contribution in [0.3, 0.4) is 0 Å². The number of carboxylic acids is 1. The van der Waals surface area contributed by atoms with Gasteiger partial charge in [-0.3, -0.25) is 4.79 Å². The molecule has 2 rings (SSSR count). The Morgan fingerprint density at radius 1 is 1.26 bits per heavy atom. The van der Waals surface area contributed by atoms with E-state index in [2.05, 4.69) is 15.3 Å². The van der Waals surface area contributed by atoms with Crippen LogP contribution in [-0.2, 0) is 0 Å². The zero-order chi connectivity index (χ0) is 14.0. The van der Waals surface area contributed by atoms with Crippen molar-refractivity contribution in [1.29, 1.82) is 0 Å². The monoisotopic (exact) mass is 267 g/mol. The maximum atomic E-state index is 13.1. The van der Waals surface area contributed by atoms with Crippen LogP contribution in [0.25, 0.3) is 0 Å². The van der Waals surface area contributed by atoms with Gasteiger partial charge in [0, 0.05) is 6.07 Å². The minimum atomic E-state index is -1.49. The van der Waals surface area contributed by atoms with E-state index in [4.69, 9.17) is 5.11 Å². The van der Waals surface area contributed by atoms with Crippen LogP contribution in [0.15, 0.2) is 24.7 Å².